The van der Waals surface area contributed by atoms with E-state index in [1.165, 1.54) is 4.88 Å². The Kier molecular flexibility index (Phi) is 6.93. The van der Waals surface area contributed by atoms with Crippen molar-refractivity contribution < 1.29 is 14.3 Å². The minimum atomic E-state index is 0.116. The van der Waals surface area contributed by atoms with E-state index in [0.717, 1.165) is 30.6 Å². The third-order valence-corrected chi connectivity index (χ3v) is 5.71. The van der Waals surface area contributed by atoms with Gasteiger partial charge < -0.3 is 14.4 Å². The Labute approximate surface area is 165 Å². The summed E-state index contributed by atoms with van der Waals surface area (Å²) in [4.78, 5) is 15.9. The smallest absolute Gasteiger partial charge is 0.226 e. The van der Waals surface area contributed by atoms with Crippen molar-refractivity contribution in [3.05, 3.63) is 58.3 Å². The summed E-state index contributed by atoms with van der Waals surface area (Å²) in [5, 5.41) is 2.04. The van der Waals surface area contributed by atoms with Crippen LogP contribution in [0.1, 0.15) is 36.6 Å². The Morgan fingerprint density at radius 1 is 1.26 bits per heavy atom. The molecule has 4 nitrogen and oxygen atoms in total. The first-order valence-electron chi connectivity index (χ1n) is 9.47. The summed E-state index contributed by atoms with van der Waals surface area (Å²) in [5.74, 6) is 1.79. The van der Waals surface area contributed by atoms with Crippen molar-refractivity contribution in [2.24, 2.45) is 5.92 Å². The van der Waals surface area contributed by atoms with Crippen molar-refractivity contribution in [3.8, 4) is 11.5 Å². The Bertz CT molecular complexity index is 770. The zero-order chi connectivity index (χ0) is 19.1. The van der Waals surface area contributed by atoms with Crippen LogP contribution in [0.3, 0.4) is 0 Å². The van der Waals surface area contributed by atoms with Gasteiger partial charge in [-0.2, -0.15) is 0 Å². The maximum absolute atomic E-state index is 12.8. The fourth-order valence-corrected chi connectivity index (χ4v) is 3.93. The maximum Gasteiger partial charge on any atom is 0.226 e. The molecule has 1 aliphatic rings. The van der Waals surface area contributed by atoms with Crippen LogP contribution in [-0.2, 0) is 17.9 Å². The lowest BCUT2D eigenvalue weighted by Crippen LogP contribution is -2.36. The van der Waals surface area contributed by atoms with Gasteiger partial charge >= 0.3 is 0 Å². The number of carbonyl (C=O) groups is 1. The van der Waals surface area contributed by atoms with Gasteiger partial charge in [-0.15, -0.1) is 11.3 Å². The lowest BCUT2D eigenvalue weighted by molar-refractivity contribution is -0.136. The van der Waals surface area contributed by atoms with Gasteiger partial charge in [-0.1, -0.05) is 24.3 Å². The molecule has 0 spiro atoms. The first kappa shape index (κ1) is 19.5. The van der Waals surface area contributed by atoms with Gasteiger partial charge in [0.25, 0.3) is 0 Å². The molecule has 1 aromatic carbocycles. The minimum Gasteiger partial charge on any atom is -0.493 e. The van der Waals surface area contributed by atoms with Crippen molar-refractivity contribution in [2.75, 3.05) is 13.7 Å². The molecule has 1 heterocycles. The normalized spacial score (nSPS) is 16.1. The molecule has 144 valence electrons. The van der Waals surface area contributed by atoms with E-state index in [9.17, 15) is 4.79 Å². The summed E-state index contributed by atoms with van der Waals surface area (Å²) in [6, 6.07) is 9.99. The van der Waals surface area contributed by atoms with Crippen LogP contribution in [0.25, 0.3) is 0 Å². The number of thiophene rings is 1. The Balaban J connectivity index is 1.66. The highest BCUT2D eigenvalue weighted by atomic mass is 32.1. The highest BCUT2D eigenvalue weighted by molar-refractivity contribution is 7.09. The lowest BCUT2D eigenvalue weighted by Gasteiger charge is -2.27. The number of nitrogens with zero attached hydrogens (tertiary/aromatic N) is 1. The third kappa shape index (κ3) is 5.13. The first-order chi connectivity index (χ1) is 13.2. The van der Waals surface area contributed by atoms with Gasteiger partial charge in [0, 0.05) is 23.9 Å². The van der Waals surface area contributed by atoms with Gasteiger partial charge in [0.1, 0.15) is 6.61 Å². The predicted molar refractivity (Wildman–Crippen MR) is 109 cm³/mol. The minimum absolute atomic E-state index is 0.116. The summed E-state index contributed by atoms with van der Waals surface area (Å²) < 4.78 is 11.4. The molecule has 3 rings (SSSR count). The van der Waals surface area contributed by atoms with E-state index in [4.69, 9.17) is 9.47 Å². The van der Waals surface area contributed by atoms with Gasteiger partial charge in [-0.25, -0.2) is 0 Å². The van der Waals surface area contributed by atoms with Gasteiger partial charge in [0.2, 0.25) is 5.91 Å². The van der Waals surface area contributed by atoms with Crippen LogP contribution in [0.4, 0.5) is 0 Å². The number of allylic oxidation sites excluding steroid dienone is 2. The molecule has 0 radical (unpaired) electrons. The molecule has 1 atom stereocenters. The molecule has 5 heteroatoms. The molecule has 0 saturated heterocycles. The average Bonchev–Trinajstić information content (AvgIpc) is 3.24. The summed E-state index contributed by atoms with van der Waals surface area (Å²) in [7, 11) is 1.65. The predicted octanol–water partition coefficient (Wildman–Crippen LogP) is 5.04. The number of hydrogen-bond acceptors (Lipinski definition) is 4. The first-order valence-corrected chi connectivity index (χ1v) is 10.3. The standard InChI is InChI=1S/C22H27NO3S/c1-3-23(22(24)18-8-5-4-6-9-18)15-17-11-12-20(21(14-17)25-2)26-16-19-10-7-13-27-19/h4-5,7,10-14,18H,3,6,8-9,15-16H2,1-2H3. The molecule has 1 aromatic heterocycles. The lowest BCUT2D eigenvalue weighted by atomic mass is 9.93. The molecule has 0 saturated carbocycles. The van der Waals surface area contributed by atoms with Gasteiger partial charge in [-0.3, -0.25) is 4.79 Å². The van der Waals surface area contributed by atoms with Crippen molar-refractivity contribution in [1.82, 2.24) is 4.90 Å². The molecule has 27 heavy (non-hydrogen) atoms. The van der Waals surface area contributed by atoms with E-state index in [2.05, 4.69) is 18.2 Å². The molecule has 0 aliphatic heterocycles. The molecule has 1 unspecified atom stereocenters. The highest BCUT2D eigenvalue weighted by Gasteiger charge is 2.23. The molecule has 0 fully saturated rings. The monoisotopic (exact) mass is 385 g/mol. The molecule has 1 amide bonds. The number of rotatable bonds is 8. The second kappa shape index (κ2) is 9.60. The second-order valence-corrected chi connectivity index (χ2v) is 7.72. The van der Waals surface area contributed by atoms with E-state index >= 15 is 0 Å². The average molecular weight is 386 g/mol. The molecule has 2 aromatic rings. The Morgan fingerprint density at radius 3 is 2.81 bits per heavy atom. The van der Waals surface area contributed by atoms with Crippen molar-refractivity contribution in [1.29, 1.82) is 0 Å². The largest absolute Gasteiger partial charge is 0.493 e. The van der Waals surface area contributed by atoms with Gasteiger partial charge in [0.15, 0.2) is 11.5 Å². The molecular formula is C22H27NO3S. The number of ether oxygens (including phenoxy) is 2. The van der Waals surface area contributed by atoms with Gasteiger partial charge in [0.05, 0.1) is 7.11 Å². The van der Waals surface area contributed by atoms with Gasteiger partial charge in [-0.05, 0) is 55.3 Å². The second-order valence-electron chi connectivity index (χ2n) is 6.69. The third-order valence-electron chi connectivity index (χ3n) is 4.86. The molecule has 1 aliphatic carbocycles. The van der Waals surface area contributed by atoms with Crippen molar-refractivity contribution in [3.63, 3.8) is 0 Å². The summed E-state index contributed by atoms with van der Waals surface area (Å²) in [6.45, 7) is 3.86. The fourth-order valence-electron chi connectivity index (χ4n) is 3.32. The Morgan fingerprint density at radius 2 is 2.15 bits per heavy atom. The van der Waals surface area contributed by atoms with Crippen LogP contribution in [0.15, 0.2) is 47.9 Å². The van der Waals surface area contributed by atoms with E-state index in [0.29, 0.717) is 25.4 Å². The SMILES string of the molecule is CCN(Cc1ccc(OCc2cccs2)c(OC)c1)C(=O)C1CC=CCC1. The van der Waals surface area contributed by atoms with Crippen LogP contribution < -0.4 is 9.47 Å². The molecule has 0 N–H and O–H groups in total. The van der Waals surface area contributed by atoms with E-state index in [-0.39, 0.29) is 11.8 Å². The quantitative estimate of drug-likeness (QED) is 0.598. The van der Waals surface area contributed by atoms with E-state index < -0.39 is 0 Å². The maximum atomic E-state index is 12.8. The number of carbonyl (C=O) groups excluding carboxylic acids is 1. The number of amides is 1. The summed E-state index contributed by atoms with van der Waals surface area (Å²) in [6.07, 6.45) is 7.10. The van der Waals surface area contributed by atoms with Crippen LogP contribution in [0, 0.1) is 5.92 Å². The van der Waals surface area contributed by atoms with Crippen LogP contribution >= 0.6 is 11.3 Å². The van der Waals surface area contributed by atoms with Crippen molar-refractivity contribution >= 4 is 17.2 Å². The van der Waals surface area contributed by atoms with Crippen LogP contribution in [0.5, 0.6) is 11.5 Å². The highest BCUT2D eigenvalue weighted by Crippen LogP contribution is 2.30. The van der Waals surface area contributed by atoms with Crippen LogP contribution in [-0.4, -0.2) is 24.5 Å². The zero-order valence-electron chi connectivity index (χ0n) is 16.0. The zero-order valence-corrected chi connectivity index (χ0v) is 16.8. The summed E-state index contributed by atoms with van der Waals surface area (Å²) in [5.41, 5.74) is 1.05. The Hall–Kier alpha value is -2.27. The van der Waals surface area contributed by atoms with Crippen molar-refractivity contribution in [2.45, 2.75) is 39.3 Å². The van der Waals surface area contributed by atoms with E-state index in [1.54, 1.807) is 18.4 Å². The van der Waals surface area contributed by atoms with Crippen LogP contribution in [0.2, 0.25) is 0 Å². The number of hydrogen-bond donors (Lipinski definition) is 0. The number of methoxy groups -OCH3 is 1. The molecular weight excluding hydrogens is 358 g/mol. The fraction of sp³-hybridized carbons (Fsp3) is 0.409. The topological polar surface area (TPSA) is 38.8 Å². The number of benzene rings is 1. The summed E-state index contributed by atoms with van der Waals surface area (Å²) >= 11 is 1.67. The molecule has 0 bridgehead atoms. The van der Waals surface area contributed by atoms with E-state index in [1.807, 2.05) is 41.5 Å².